The van der Waals surface area contributed by atoms with Crippen LogP contribution in [0.15, 0.2) is 113 Å². The number of amides is 1. The van der Waals surface area contributed by atoms with Crippen molar-refractivity contribution in [2.75, 3.05) is 5.75 Å². The minimum Gasteiger partial charge on any atom is -0.448 e. The van der Waals surface area contributed by atoms with Gasteiger partial charge in [0.2, 0.25) is 5.91 Å². The first kappa shape index (κ1) is 23.4. The number of allylic oxidation sites excluding steroid dienone is 1. The number of carbonyl (C=O) groups excluding carboxylic acids is 2. The van der Waals surface area contributed by atoms with Crippen LogP contribution < -0.4 is 5.73 Å². The number of fused-ring (bicyclic) bond motifs is 1. The van der Waals surface area contributed by atoms with Gasteiger partial charge < -0.3 is 10.5 Å². The zero-order valence-corrected chi connectivity index (χ0v) is 20.3. The second-order valence-corrected chi connectivity index (χ2v) is 10.1. The van der Waals surface area contributed by atoms with Gasteiger partial charge in [0.15, 0.2) is 6.10 Å². The summed E-state index contributed by atoms with van der Waals surface area (Å²) in [5, 5.41) is 1.64. The van der Waals surface area contributed by atoms with Gasteiger partial charge in [-0.1, -0.05) is 72.4 Å². The van der Waals surface area contributed by atoms with Gasteiger partial charge in [0, 0.05) is 23.0 Å². The third-order valence-corrected chi connectivity index (χ3v) is 7.88. The van der Waals surface area contributed by atoms with Gasteiger partial charge in [-0.25, -0.2) is 4.79 Å². The van der Waals surface area contributed by atoms with Crippen molar-refractivity contribution in [3.63, 3.8) is 0 Å². The summed E-state index contributed by atoms with van der Waals surface area (Å²) in [6.45, 7) is 0. The number of aromatic nitrogens is 1. The Hall–Kier alpha value is -3.33. The van der Waals surface area contributed by atoms with Gasteiger partial charge in [-0.2, -0.15) is 0 Å². The average Bonchev–Trinajstić information content (AvgIpc) is 2.92. The molecule has 1 fully saturated rings. The Morgan fingerprint density at radius 2 is 1.77 bits per heavy atom. The number of hydrogen-bond acceptors (Lipinski definition) is 7. The maximum atomic E-state index is 13.7. The van der Waals surface area contributed by atoms with Crippen LogP contribution in [-0.2, 0) is 14.3 Å². The second-order valence-electron chi connectivity index (χ2n) is 8.03. The van der Waals surface area contributed by atoms with E-state index in [9.17, 15) is 9.59 Å². The molecule has 1 amide bonds. The Labute approximate surface area is 212 Å². The zero-order valence-electron chi connectivity index (χ0n) is 18.7. The molecule has 0 saturated carbocycles. The first-order chi connectivity index (χ1) is 17.1. The lowest BCUT2D eigenvalue weighted by atomic mass is 10.0. The Kier molecular flexibility index (Phi) is 7.03. The summed E-state index contributed by atoms with van der Waals surface area (Å²) in [5.74, 6) is -0.256. The third kappa shape index (κ3) is 4.91. The van der Waals surface area contributed by atoms with E-state index in [4.69, 9.17) is 10.5 Å². The van der Waals surface area contributed by atoms with Gasteiger partial charge in [0.25, 0.3) is 0 Å². The molecule has 3 aromatic rings. The number of ether oxygens (including phenoxy) is 1. The third-order valence-electron chi connectivity index (χ3n) is 5.77. The van der Waals surface area contributed by atoms with Crippen LogP contribution in [0.3, 0.4) is 0 Å². The van der Waals surface area contributed by atoms with Crippen molar-refractivity contribution in [1.29, 1.82) is 0 Å². The monoisotopic (exact) mass is 501 g/mol. The van der Waals surface area contributed by atoms with E-state index in [0.29, 0.717) is 5.75 Å². The van der Waals surface area contributed by atoms with E-state index in [-0.39, 0.29) is 17.0 Å². The molecular weight excluding hydrogens is 478 g/mol. The molecule has 0 radical (unpaired) electrons. The van der Waals surface area contributed by atoms with E-state index in [1.54, 1.807) is 24.2 Å². The van der Waals surface area contributed by atoms with Gasteiger partial charge in [-0.05, 0) is 40.3 Å². The maximum Gasteiger partial charge on any atom is 0.356 e. The summed E-state index contributed by atoms with van der Waals surface area (Å²) in [5.41, 5.74) is 8.73. The molecule has 0 spiro atoms. The van der Waals surface area contributed by atoms with Gasteiger partial charge >= 0.3 is 5.97 Å². The van der Waals surface area contributed by atoms with Crippen molar-refractivity contribution in [3.8, 4) is 0 Å². The largest absolute Gasteiger partial charge is 0.448 e. The predicted octanol–water partition coefficient (Wildman–Crippen LogP) is 4.52. The topological polar surface area (TPSA) is 85.5 Å². The van der Waals surface area contributed by atoms with Crippen molar-refractivity contribution < 1.29 is 14.3 Å². The standard InChI is InChI=1S/C27H23N3O3S2/c28-22-25(31)30-23(20(17-35-26(22)30)13-15-34-21-12-7-14-29-16-21)27(32)33-24(18-8-3-1-4-9-18)19-10-5-2-6-11-19/h1-16,22,24,26H,17,28H2/t22?,26-/m1/s1. The van der Waals surface area contributed by atoms with Crippen molar-refractivity contribution in [2.45, 2.75) is 22.4 Å². The number of nitrogens with zero attached hydrogens (tertiary/aromatic N) is 2. The summed E-state index contributed by atoms with van der Waals surface area (Å²) in [6, 6.07) is 22.4. The fourth-order valence-corrected chi connectivity index (χ4v) is 5.95. The molecule has 2 N–H and O–H groups in total. The number of β-lactam (4-membered cyclic amide) rings is 1. The molecule has 6 nitrogen and oxygen atoms in total. The SMILES string of the molecule is NC1C(=O)N2C(C(=O)OC(c3ccccc3)c3ccccc3)=C(C=CSc3cccnc3)CS[C@H]12. The fraction of sp³-hybridized carbons (Fsp3) is 0.148. The van der Waals surface area contributed by atoms with E-state index in [0.717, 1.165) is 21.6 Å². The Morgan fingerprint density at radius 3 is 2.40 bits per heavy atom. The number of rotatable bonds is 7. The summed E-state index contributed by atoms with van der Waals surface area (Å²) in [6.07, 6.45) is 4.75. The lowest BCUT2D eigenvalue weighted by Crippen LogP contribution is -2.68. The van der Waals surface area contributed by atoms with Crippen molar-refractivity contribution in [2.24, 2.45) is 5.73 Å². The van der Waals surface area contributed by atoms with Crippen LogP contribution in [0.5, 0.6) is 0 Å². The molecule has 35 heavy (non-hydrogen) atoms. The maximum absolute atomic E-state index is 13.7. The molecule has 3 heterocycles. The van der Waals surface area contributed by atoms with Crippen LogP contribution in [0, 0.1) is 0 Å². The van der Waals surface area contributed by atoms with E-state index < -0.39 is 18.1 Å². The number of nitrogens with two attached hydrogens (primary N) is 1. The van der Waals surface area contributed by atoms with Crippen LogP contribution in [0.25, 0.3) is 0 Å². The highest BCUT2D eigenvalue weighted by Gasteiger charge is 2.52. The van der Waals surface area contributed by atoms with Gasteiger partial charge in [0.1, 0.15) is 17.1 Å². The van der Waals surface area contributed by atoms with E-state index in [1.165, 1.54) is 16.7 Å². The first-order valence-corrected chi connectivity index (χ1v) is 13.0. The van der Waals surface area contributed by atoms with Crippen LogP contribution in [0.4, 0.5) is 0 Å². The Balaban J connectivity index is 1.47. The summed E-state index contributed by atoms with van der Waals surface area (Å²) in [7, 11) is 0. The first-order valence-electron chi connectivity index (χ1n) is 11.1. The molecule has 2 aliphatic rings. The molecule has 1 unspecified atom stereocenters. The lowest BCUT2D eigenvalue weighted by Gasteiger charge is -2.48. The predicted molar refractivity (Wildman–Crippen MR) is 138 cm³/mol. The van der Waals surface area contributed by atoms with Crippen molar-refractivity contribution in [3.05, 3.63) is 119 Å². The highest BCUT2D eigenvalue weighted by Crippen LogP contribution is 2.41. The van der Waals surface area contributed by atoms with E-state index in [2.05, 4.69) is 4.98 Å². The second kappa shape index (κ2) is 10.5. The molecule has 2 atom stereocenters. The van der Waals surface area contributed by atoms with Crippen molar-refractivity contribution in [1.82, 2.24) is 9.88 Å². The highest BCUT2D eigenvalue weighted by molar-refractivity contribution is 8.02. The summed E-state index contributed by atoms with van der Waals surface area (Å²) >= 11 is 3.04. The molecule has 8 heteroatoms. The van der Waals surface area contributed by atoms with Gasteiger partial charge in [-0.15, -0.1) is 11.8 Å². The molecule has 176 valence electrons. The normalized spacial score (nSPS) is 19.6. The lowest BCUT2D eigenvalue weighted by molar-refractivity contribution is -0.153. The quantitative estimate of drug-likeness (QED) is 0.289. The molecule has 5 rings (SSSR count). The fourth-order valence-electron chi connectivity index (χ4n) is 4.02. The highest BCUT2D eigenvalue weighted by atomic mass is 32.2. The minimum absolute atomic E-state index is 0.264. The van der Waals surface area contributed by atoms with E-state index >= 15 is 0 Å². The number of benzene rings is 2. The molecular formula is C27H23N3O3S2. The molecule has 2 aliphatic heterocycles. The minimum atomic E-state index is -0.614. The van der Waals surface area contributed by atoms with Crippen LogP contribution in [-0.4, -0.2) is 38.9 Å². The molecule has 0 bridgehead atoms. The Morgan fingerprint density at radius 1 is 1.09 bits per heavy atom. The number of hydrogen-bond donors (Lipinski definition) is 1. The number of esters is 1. The summed E-state index contributed by atoms with van der Waals surface area (Å²) < 4.78 is 6.10. The van der Waals surface area contributed by atoms with Crippen LogP contribution in [0.1, 0.15) is 17.2 Å². The van der Waals surface area contributed by atoms with Crippen molar-refractivity contribution >= 4 is 35.4 Å². The van der Waals surface area contributed by atoms with Crippen LogP contribution >= 0.6 is 23.5 Å². The molecule has 1 aromatic heterocycles. The molecule has 1 saturated heterocycles. The molecule has 0 aliphatic carbocycles. The smallest absolute Gasteiger partial charge is 0.356 e. The van der Waals surface area contributed by atoms with Crippen LogP contribution in [0.2, 0.25) is 0 Å². The van der Waals surface area contributed by atoms with Gasteiger partial charge in [0.05, 0.1) is 0 Å². The van der Waals surface area contributed by atoms with E-state index in [1.807, 2.05) is 84.3 Å². The van der Waals surface area contributed by atoms with Gasteiger partial charge in [-0.3, -0.25) is 14.7 Å². The average molecular weight is 502 g/mol. The Bertz CT molecular complexity index is 1230. The molecule has 2 aromatic carbocycles. The summed E-state index contributed by atoms with van der Waals surface area (Å²) in [4.78, 5) is 32.9. The zero-order chi connectivity index (χ0) is 24.2. The number of pyridine rings is 1. The number of carbonyl (C=O) groups is 2. The number of thioether (sulfide) groups is 2.